The van der Waals surface area contributed by atoms with E-state index in [0.29, 0.717) is 17.5 Å². The molecule has 9 heteroatoms. The van der Waals surface area contributed by atoms with Crippen molar-refractivity contribution in [2.45, 2.75) is 51.4 Å². The van der Waals surface area contributed by atoms with Crippen LogP contribution < -0.4 is 10.1 Å². The quantitative estimate of drug-likeness (QED) is 0.323. The van der Waals surface area contributed by atoms with E-state index in [1.807, 2.05) is 12.1 Å². The Kier molecular flexibility index (Phi) is 8.11. The Morgan fingerprint density at radius 3 is 2.67 bits per heavy atom. The molecule has 2 rings (SSSR count). The Labute approximate surface area is 174 Å². The number of aromatic amines is 1. The van der Waals surface area contributed by atoms with Crippen LogP contribution in [-0.2, 0) is 25.5 Å². The Balaban J connectivity index is 2.09. The third-order valence-corrected chi connectivity index (χ3v) is 4.49. The lowest BCUT2D eigenvalue weighted by molar-refractivity contribution is -0.152. The molecule has 0 saturated heterocycles. The van der Waals surface area contributed by atoms with Gasteiger partial charge in [-0.1, -0.05) is 12.1 Å². The van der Waals surface area contributed by atoms with Crippen LogP contribution in [0.4, 0.5) is 0 Å². The van der Waals surface area contributed by atoms with Crippen molar-refractivity contribution in [2.24, 2.45) is 0 Å². The number of hydrogen-bond acceptors (Lipinski definition) is 7. The minimum absolute atomic E-state index is 0.0182. The summed E-state index contributed by atoms with van der Waals surface area (Å²) in [6.07, 6.45) is 0.431. The number of aliphatic hydroxyl groups is 1. The SMILES string of the molecule is COc1cccc2c(C[C@H](O)C(=O)N[C@@H](CCC(=O)C=N)C(=O)OC(C)C)c[nH]c12. The van der Waals surface area contributed by atoms with Gasteiger partial charge >= 0.3 is 5.97 Å². The van der Waals surface area contributed by atoms with Gasteiger partial charge in [0.1, 0.15) is 17.9 Å². The highest BCUT2D eigenvalue weighted by Gasteiger charge is 2.27. The molecule has 4 N–H and O–H groups in total. The van der Waals surface area contributed by atoms with E-state index in [2.05, 4.69) is 10.3 Å². The number of nitrogens with one attached hydrogen (secondary N) is 3. The van der Waals surface area contributed by atoms with Gasteiger partial charge in [-0.25, -0.2) is 4.79 Å². The second-order valence-electron chi connectivity index (χ2n) is 7.11. The topological polar surface area (TPSA) is 142 Å². The molecule has 0 fully saturated rings. The van der Waals surface area contributed by atoms with Gasteiger partial charge in [0.25, 0.3) is 0 Å². The molecular weight excluding hydrogens is 390 g/mol. The van der Waals surface area contributed by atoms with Gasteiger partial charge in [0.15, 0.2) is 5.78 Å². The number of para-hydroxylation sites is 1. The fourth-order valence-electron chi connectivity index (χ4n) is 3.01. The fraction of sp³-hybridized carbons (Fsp3) is 0.429. The largest absolute Gasteiger partial charge is 0.495 e. The molecule has 9 nitrogen and oxygen atoms in total. The number of fused-ring (bicyclic) bond motifs is 1. The number of carbonyl (C=O) groups excluding carboxylic acids is 3. The summed E-state index contributed by atoms with van der Waals surface area (Å²) in [5, 5.41) is 20.6. The maximum atomic E-state index is 12.5. The smallest absolute Gasteiger partial charge is 0.328 e. The van der Waals surface area contributed by atoms with Crippen LogP contribution in [0.15, 0.2) is 24.4 Å². The number of carbonyl (C=O) groups is 3. The van der Waals surface area contributed by atoms with E-state index in [0.717, 1.165) is 10.9 Å². The number of amides is 1. The zero-order valence-corrected chi connectivity index (χ0v) is 17.2. The first-order valence-electron chi connectivity index (χ1n) is 9.62. The number of benzene rings is 1. The average Bonchev–Trinajstić information content (AvgIpc) is 3.12. The molecule has 1 aromatic carbocycles. The minimum Gasteiger partial charge on any atom is -0.495 e. The lowest BCUT2D eigenvalue weighted by Gasteiger charge is -2.20. The van der Waals surface area contributed by atoms with E-state index in [-0.39, 0.29) is 19.3 Å². The van der Waals surface area contributed by atoms with E-state index in [1.54, 1.807) is 33.2 Å². The highest BCUT2D eigenvalue weighted by atomic mass is 16.5. The normalized spacial score (nSPS) is 13.0. The van der Waals surface area contributed by atoms with Crippen molar-refractivity contribution in [3.05, 3.63) is 30.0 Å². The van der Waals surface area contributed by atoms with Crippen molar-refractivity contribution in [2.75, 3.05) is 7.11 Å². The zero-order valence-electron chi connectivity index (χ0n) is 17.2. The molecule has 2 aromatic rings. The summed E-state index contributed by atoms with van der Waals surface area (Å²) in [6, 6.07) is 4.36. The van der Waals surface area contributed by atoms with Crippen LogP contribution in [0.1, 0.15) is 32.3 Å². The summed E-state index contributed by atoms with van der Waals surface area (Å²) >= 11 is 0. The van der Waals surface area contributed by atoms with E-state index < -0.39 is 35.9 Å². The van der Waals surface area contributed by atoms with Gasteiger partial charge in [-0.2, -0.15) is 0 Å². The predicted molar refractivity (Wildman–Crippen MR) is 111 cm³/mol. The molecule has 0 unspecified atom stereocenters. The summed E-state index contributed by atoms with van der Waals surface area (Å²) in [5.74, 6) is -1.27. The van der Waals surface area contributed by atoms with Crippen LogP contribution in [0, 0.1) is 5.41 Å². The maximum Gasteiger partial charge on any atom is 0.328 e. The number of ketones is 1. The molecule has 0 aliphatic heterocycles. The minimum atomic E-state index is -1.41. The van der Waals surface area contributed by atoms with E-state index >= 15 is 0 Å². The monoisotopic (exact) mass is 417 g/mol. The Hall–Kier alpha value is -3.20. The van der Waals surface area contributed by atoms with Gasteiger partial charge < -0.3 is 30.3 Å². The van der Waals surface area contributed by atoms with Gasteiger partial charge in [-0.05, 0) is 31.9 Å². The third-order valence-electron chi connectivity index (χ3n) is 4.49. The van der Waals surface area contributed by atoms with Gasteiger partial charge in [0.2, 0.25) is 5.91 Å². The molecule has 2 atom stereocenters. The van der Waals surface area contributed by atoms with Gasteiger partial charge in [0.05, 0.1) is 24.9 Å². The van der Waals surface area contributed by atoms with Crippen LogP contribution in [0.25, 0.3) is 10.9 Å². The van der Waals surface area contributed by atoms with Crippen LogP contribution in [0.2, 0.25) is 0 Å². The standard InChI is InChI=1S/C21H27N3O6/c1-12(2)30-21(28)16(8-7-14(25)10-22)24-20(27)17(26)9-13-11-23-19-15(13)5-4-6-18(19)29-3/h4-6,10-12,16-17,22-23,26H,7-9H2,1-3H3,(H,24,27)/t16-,17-/m0/s1. The highest BCUT2D eigenvalue weighted by Crippen LogP contribution is 2.27. The second kappa shape index (κ2) is 10.5. The highest BCUT2D eigenvalue weighted by molar-refractivity contribution is 6.26. The number of Topliss-reactive ketones (excluding diaryl/α,β-unsaturated/α-hetero) is 1. The van der Waals surface area contributed by atoms with Crippen molar-refractivity contribution in [1.82, 2.24) is 10.3 Å². The number of ether oxygens (including phenoxy) is 2. The molecule has 0 radical (unpaired) electrons. The van der Waals surface area contributed by atoms with Crippen LogP contribution in [0.3, 0.4) is 0 Å². The molecule has 0 bridgehead atoms. The first-order chi connectivity index (χ1) is 14.3. The van der Waals surface area contributed by atoms with E-state index in [4.69, 9.17) is 14.9 Å². The van der Waals surface area contributed by atoms with Crippen LogP contribution in [0.5, 0.6) is 5.75 Å². The van der Waals surface area contributed by atoms with Gasteiger partial charge in [0, 0.05) is 24.4 Å². The Bertz CT molecular complexity index is 921. The fourth-order valence-corrected chi connectivity index (χ4v) is 3.01. The first-order valence-corrected chi connectivity index (χ1v) is 9.62. The molecule has 1 amide bonds. The first kappa shape index (κ1) is 23.1. The lowest BCUT2D eigenvalue weighted by atomic mass is 10.0. The molecule has 1 heterocycles. The van der Waals surface area contributed by atoms with Gasteiger partial charge in [-0.15, -0.1) is 0 Å². The third kappa shape index (κ3) is 5.90. The van der Waals surface area contributed by atoms with Crippen molar-refractivity contribution in [3.63, 3.8) is 0 Å². The average molecular weight is 417 g/mol. The molecule has 30 heavy (non-hydrogen) atoms. The predicted octanol–water partition coefficient (Wildman–Crippen LogP) is 1.52. The van der Waals surface area contributed by atoms with Crippen molar-refractivity contribution >= 4 is 34.8 Å². The second-order valence-corrected chi connectivity index (χ2v) is 7.11. The van der Waals surface area contributed by atoms with E-state index in [1.165, 1.54) is 0 Å². The maximum absolute atomic E-state index is 12.5. The number of aromatic nitrogens is 1. The molecule has 0 saturated carbocycles. The number of methoxy groups -OCH3 is 1. The molecular formula is C21H27N3O6. The number of esters is 1. The molecule has 162 valence electrons. The van der Waals surface area contributed by atoms with Crippen molar-refractivity contribution in [1.29, 1.82) is 5.41 Å². The summed E-state index contributed by atoms with van der Waals surface area (Å²) in [7, 11) is 1.55. The number of rotatable bonds is 11. The number of H-pyrrole nitrogens is 1. The lowest BCUT2D eigenvalue weighted by Crippen LogP contribution is -2.47. The Morgan fingerprint density at radius 2 is 2.03 bits per heavy atom. The van der Waals surface area contributed by atoms with Gasteiger partial charge in [-0.3, -0.25) is 9.59 Å². The van der Waals surface area contributed by atoms with Crippen LogP contribution in [-0.4, -0.2) is 59.3 Å². The molecule has 1 aromatic heterocycles. The summed E-state index contributed by atoms with van der Waals surface area (Å²) in [6.45, 7) is 3.33. The number of hydrogen-bond donors (Lipinski definition) is 4. The summed E-state index contributed by atoms with van der Waals surface area (Å²) < 4.78 is 10.4. The zero-order chi connectivity index (χ0) is 22.3. The van der Waals surface area contributed by atoms with E-state index in [9.17, 15) is 19.5 Å². The summed E-state index contributed by atoms with van der Waals surface area (Å²) in [5.41, 5.74) is 1.47. The molecule has 0 aliphatic rings. The van der Waals surface area contributed by atoms with Crippen molar-refractivity contribution < 1.29 is 29.0 Å². The number of aliphatic hydroxyl groups excluding tert-OH is 1. The molecule has 0 aliphatic carbocycles. The Morgan fingerprint density at radius 1 is 1.30 bits per heavy atom. The van der Waals surface area contributed by atoms with Crippen molar-refractivity contribution in [3.8, 4) is 5.75 Å². The summed E-state index contributed by atoms with van der Waals surface area (Å²) in [4.78, 5) is 39.2. The molecule has 0 spiro atoms. The van der Waals surface area contributed by atoms with Crippen LogP contribution >= 0.6 is 0 Å².